The number of halogens is 1. The van der Waals surface area contributed by atoms with Gasteiger partial charge >= 0.3 is 6.03 Å². The molecule has 4 amide bonds. The summed E-state index contributed by atoms with van der Waals surface area (Å²) in [6.07, 6.45) is 7.79. The molecule has 3 heterocycles. The third-order valence-corrected chi connectivity index (χ3v) is 14.5. The molecule has 3 N–H and O–H groups in total. The Hall–Kier alpha value is -3.76. The number of nitrogens with zero attached hydrogens (tertiary/aromatic N) is 3. The van der Waals surface area contributed by atoms with Crippen molar-refractivity contribution in [2.75, 3.05) is 27.3 Å². The highest BCUT2D eigenvalue weighted by Gasteiger charge is 2.63. The van der Waals surface area contributed by atoms with E-state index >= 15 is 0 Å². The summed E-state index contributed by atoms with van der Waals surface area (Å²) in [4.78, 5) is 52.4. The second kappa shape index (κ2) is 15.5. The predicted molar refractivity (Wildman–Crippen MR) is 208 cm³/mol. The van der Waals surface area contributed by atoms with Gasteiger partial charge < -0.3 is 25.0 Å². The van der Waals surface area contributed by atoms with Crippen LogP contribution in [-0.2, 0) is 19.6 Å². The van der Waals surface area contributed by atoms with Crippen LogP contribution in [0.15, 0.2) is 40.2 Å². The number of sulfonamides is 1. The zero-order valence-electron chi connectivity index (χ0n) is 30.7. The summed E-state index contributed by atoms with van der Waals surface area (Å²) >= 11 is 5.12. The molecule has 0 saturated heterocycles. The van der Waals surface area contributed by atoms with Crippen LogP contribution >= 0.6 is 27.3 Å². The van der Waals surface area contributed by atoms with Gasteiger partial charge in [0.1, 0.15) is 33.8 Å². The lowest BCUT2D eigenvalue weighted by Gasteiger charge is -2.26. The molecule has 3 aliphatic rings. The first-order valence-electron chi connectivity index (χ1n) is 18.1. The van der Waals surface area contributed by atoms with E-state index in [0.29, 0.717) is 58.4 Å². The Labute approximate surface area is 322 Å². The molecule has 53 heavy (non-hydrogen) atoms. The van der Waals surface area contributed by atoms with E-state index in [0.717, 1.165) is 30.0 Å². The van der Waals surface area contributed by atoms with Gasteiger partial charge in [-0.2, -0.15) is 0 Å². The molecule has 1 aliphatic heterocycles. The lowest BCUT2D eigenvalue weighted by atomic mass is 10.1. The van der Waals surface area contributed by atoms with Crippen LogP contribution in [0.2, 0.25) is 0 Å². The van der Waals surface area contributed by atoms with Crippen LogP contribution in [0.1, 0.15) is 83.7 Å². The lowest BCUT2D eigenvalue weighted by Crippen LogP contribution is -2.58. The highest BCUT2D eigenvalue weighted by molar-refractivity contribution is 9.10. The molecule has 13 nitrogen and oxygen atoms in total. The molecular weight excluding hydrogens is 784 g/mol. The van der Waals surface area contributed by atoms with Crippen molar-refractivity contribution in [2.45, 2.75) is 94.4 Å². The number of hydrogen-bond acceptors (Lipinski definition) is 10. The minimum absolute atomic E-state index is 0.00925. The van der Waals surface area contributed by atoms with E-state index in [1.165, 1.54) is 16.2 Å². The fraction of sp³-hybridized carbons (Fsp3) is 0.541. The summed E-state index contributed by atoms with van der Waals surface area (Å²) in [5.74, 6) is -0.423. The Kier molecular flexibility index (Phi) is 11.4. The Morgan fingerprint density at radius 1 is 1.19 bits per heavy atom. The number of amides is 4. The Morgan fingerprint density at radius 2 is 1.96 bits per heavy atom. The zero-order chi connectivity index (χ0) is 38.1. The Balaban J connectivity index is 1.27. The first-order chi connectivity index (χ1) is 25.2. The van der Waals surface area contributed by atoms with Crippen LogP contribution in [0, 0.1) is 5.92 Å². The van der Waals surface area contributed by atoms with Crippen molar-refractivity contribution in [3.8, 4) is 22.2 Å². The zero-order valence-corrected chi connectivity index (χ0v) is 33.9. The maximum atomic E-state index is 14.1. The number of nitrogens with one attached hydrogen (secondary N) is 3. The van der Waals surface area contributed by atoms with Gasteiger partial charge in [-0.15, -0.1) is 11.3 Å². The number of hydrogen-bond donors (Lipinski definition) is 3. The smallest absolute Gasteiger partial charge is 0.317 e. The van der Waals surface area contributed by atoms with Crippen LogP contribution in [0.3, 0.4) is 0 Å². The van der Waals surface area contributed by atoms with E-state index in [1.807, 2.05) is 29.7 Å². The highest BCUT2D eigenvalue weighted by atomic mass is 79.9. The van der Waals surface area contributed by atoms with E-state index in [4.69, 9.17) is 19.4 Å². The number of carbonyl (C=O) groups is 3. The van der Waals surface area contributed by atoms with Crippen LogP contribution in [-0.4, -0.2) is 84.8 Å². The van der Waals surface area contributed by atoms with Gasteiger partial charge in [0.05, 0.1) is 34.1 Å². The molecule has 1 aromatic carbocycles. The van der Waals surface area contributed by atoms with Crippen molar-refractivity contribution in [1.29, 1.82) is 0 Å². The molecule has 0 radical (unpaired) electrons. The topological polar surface area (TPSA) is 169 Å². The molecule has 16 heteroatoms. The molecule has 6 rings (SSSR count). The molecule has 3 aromatic rings. The van der Waals surface area contributed by atoms with Crippen LogP contribution in [0.4, 0.5) is 4.79 Å². The average Bonchev–Trinajstić information content (AvgIpc) is 4.02. The van der Waals surface area contributed by atoms with Crippen molar-refractivity contribution in [3.63, 3.8) is 0 Å². The maximum absolute atomic E-state index is 14.1. The van der Waals surface area contributed by atoms with Crippen LogP contribution in [0.5, 0.6) is 11.5 Å². The molecule has 3 atom stereocenters. The first kappa shape index (κ1) is 38.9. The number of ether oxygens (including phenoxy) is 2. The van der Waals surface area contributed by atoms with Crippen molar-refractivity contribution < 1.29 is 32.3 Å². The van der Waals surface area contributed by atoms with E-state index in [2.05, 4.69) is 45.1 Å². The minimum Gasteiger partial charge on any atom is -0.495 e. The van der Waals surface area contributed by atoms with E-state index in [9.17, 15) is 22.8 Å². The quantitative estimate of drug-likeness (QED) is 0.195. The molecule has 2 saturated carbocycles. The van der Waals surface area contributed by atoms with Crippen LogP contribution < -0.4 is 24.8 Å². The number of fused-ring (bicyclic) bond motifs is 2. The number of urea groups is 1. The molecule has 2 aliphatic carbocycles. The Morgan fingerprint density at radius 3 is 2.64 bits per heavy atom. The van der Waals surface area contributed by atoms with Gasteiger partial charge in [-0.3, -0.25) is 14.3 Å². The summed E-state index contributed by atoms with van der Waals surface area (Å²) in [6.45, 7) is 6.45. The molecule has 2 aromatic heterocycles. The summed E-state index contributed by atoms with van der Waals surface area (Å²) in [6, 6.07) is 3.92. The highest BCUT2D eigenvalue weighted by Crippen LogP contribution is 2.48. The second-order valence-electron chi connectivity index (χ2n) is 14.4. The summed E-state index contributed by atoms with van der Waals surface area (Å²) in [5, 5.41) is 9.14. The molecular formula is C37H47BrN6O7S2. The molecule has 0 spiro atoms. The van der Waals surface area contributed by atoms with E-state index in [-0.39, 0.29) is 25.4 Å². The molecule has 2 fully saturated rings. The standard InChI is InChI=1S/C37H47BrN6O7S2/c1-6-36(15-16-36)53(48,49)43-34(46)37-20-23(37)11-9-7-8-10-17-44(4)35(47)41-25(32(45)42-37)14-18-51-29-19-26(33-40-27(21-52-33)22(2)3)39-31-24(29)12-13-28(50-5)30(31)38/h9,11-13,19,21-23,25H,6-8,10,14-18,20H2,1-5H3,(H,41,47)(H,42,45)(H,43,46)/b11-9-/t23?,25?,37-/m1/s1. The number of methoxy groups -OCH3 is 1. The number of allylic oxidation sites excluding steroid dienone is 1. The van der Waals surface area contributed by atoms with Gasteiger partial charge in [0.15, 0.2) is 0 Å². The minimum atomic E-state index is -3.96. The van der Waals surface area contributed by atoms with Gasteiger partial charge in [-0.05, 0) is 78.9 Å². The normalized spacial score (nSPS) is 23.7. The number of benzene rings is 1. The van der Waals surface area contributed by atoms with Crippen molar-refractivity contribution in [2.24, 2.45) is 5.92 Å². The maximum Gasteiger partial charge on any atom is 0.317 e. The monoisotopic (exact) mass is 830 g/mol. The molecule has 286 valence electrons. The number of aromatic nitrogens is 2. The van der Waals surface area contributed by atoms with Crippen LogP contribution in [0.25, 0.3) is 21.6 Å². The van der Waals surface area contributed by atoms with E-state index in [1.54, 1.807) is 27.1 Å². The summed E-state index contributed by atoms with van der Waals surface area (Å²) in [5.41, 5.74) is 0.704. The van der Waals surface area contributed by atoms with Gasteiger partial charge in [0, 0.05) is 42.8 Å². The van der Waals surface area contributed by atoms with Gasteiger partial charge in [0.2, 0.25) is 15.9 Å². The van der Waals surface area contributed by atoms with Gasteiger partial charge in [-0.25, -0.2) is 23.2 Å². The van der Waals surface area contributed by atoms with Gasteiger partial charge in [0.25, 0.3) is 5.91 Å². The fourth-order valence-electron chi connectivity index (χ4n) is 6.61. The average molecular weight is 832 g/mol. The number of pyridine rings is 1. The number of carbonyl (C=O) groups excluding carboxylic acids is 3. The predicted octanol–water partition coefficient (Wildman–Crippen LogP) is 6.04. The fourth-order valence-corrected chi connectivity index (χ4v) is 9.81. The van der Waals surface area contributed by atoms with Crippen molar-refractivity contribution >= 4 is 66.0 Å². The van der Waals surface area contributed by atoms with Gasteiger partial charge in [-0.1, -0.05) is 32.9 Å². The van der Waals surface area contributed by atoms with E-state index < -0.39 is 50.1 Å². The largest absolute Gasteiger partial charge is 0.495 e. The summed E-state index contributed by atoms with van der Waals surface area (Å²) < 4.78 is 40.4. The first-order valence-corrected chi connectivity index (χ1v) is 21.2. The van der Waals surface area contributed by atoms with Crippen molar-refractivity contribution in [1.82, 2.24) is 30.2 Å². The van der Waals surface area contributed by atoms with Crippen molar-refractivity contribution in [3.05, 3.63) is 45.9 Å². The Bertz CT molecular complexity index is 2030. The third kappa shape index (κ3) is 8.04. The SMILES string of the molecule is CCC1(S(=O)(=O)NC(=O)[C@@]23CC2/C=C\CCCCN(C)C(=O)NC(CCOc2cc(-c4nc(C(C)C)cs4)nc4c(Br)c(OC)ccc24)C(=O)N3)CC1. The molecule has 2 unspecified atom stereocenters. The number of rotatable bonds is 11. The summed E-state index contributed by atoms with van der Waals surface area (Å²) in [7, 11) is -0.711. The molecule has 0 bridgehead atoms. The lowest BCUT2D eigenvalue weighted by molar-refractivity contribution is -0.130. The number of thiazole rings is 1. The third-order valence-electron chi connectivity index (χ3n) is 10.5. The second-order valence-corrected chi connectivity index (χ2v) is 18.2.